The van der Waals surface area contributed by atoms with E-state index in [9.17, 15) is 34.8 Å². The molecular weight excluding hydrogens is 292 g/mol. The summed E-state index contributed by atoms with van der Waals surface area (Å²) in [6.07, 6.45) is -10.3. The highest BCUT2D eigenvalue weighted by molar-refractivity contribution is 7.85. The first-order valence-electron chi connectivity index (χ1n) is 3.31. The average molecular weight is 296 g/mol. The predicted octanol–water partition coefficient (Wildman–Crippen LogP) is 1.83. The lowest BCUT2D eigenvalue weighted by molar-refractivity contribution is -0.166. The van der Waals surface area contributed by atoms with Gasteiger partial charge >= 0.3 is 22.7 Å². The highest BCUT2D eigenvalue weighted by atomic mass is 35.5. The molecule has 0 fully saturated rings. The Hall–Kier alpha value is -0.260. The molecule has 0 rings (SSSR count). The molecule has 0 aliphatic heterocycles. The van der Waals surface area contributed by atoms with E-state index in [-0.39, 0.29) is 0 Å². The molecule has 0 saturated carbocycles. The molecule has 12 heteroatoms. The monoisotopic (exact) mass is 295 g/mol. The van der Waals surface area contributed by atoms with Crippen molar-refractivity contribution in [2.45, 2.75) is 12.4 Å². The molecule has 0 spiro atoms. The molecule has 0 aliphatic rings. The number of nitrogens with zero attached hydrogens (tertiary/aromatic N) is 1. The van der Waals surface area contributed by atoms with E-state index in [0.717, 1.165) is 0 Å². The minimum Gasteiger partial charge on any atom is -0.180 e. The third-order valence-corrected chi connectivity index (χ3v) is 2.63. The molecule has 0 heterocycles. The van der Waals surface area contributed by atoms with Gasteiger partial charge in [-0.15, -0.1) is 3.74 Å². The first-order valence-corrected chi connectivity index (χ1v) is 4.98. The van der Waals surface area contributed by atoms with E-state index in [1.165, 1.54) is 0 Å². The van der Waals surface area contributed by atoms with E-state index < -0.39 is 40.1 Å². The third kappa shape index (κ3) is 6.35. The van der Waals surface area contributed by atoms with Crippen molar-refractivity contribution in [1.29, 1.82) is 0 Å². The van der Waals surface area contributed by atoms with Crippen molar-refractivity contribution < 1.29 is 38.5 Å². The zero-order valence-electron chi connectivity index (χ0n) is 7.14. The van der Waals surface area contributed by atoms with Gasteiger partial charge in [0.15, 0.2) is 0 Å². The Bertz CT molecular complexity index is 308. The average Bonchev–Trinajstić information content (AvgIpc) is 1.97. The number of hydrogen-bond donors (Lipinski definition) is 0. The largest absolute Gasteiger partial charge is 0.402 e. The van der Waals surface area contributed by atoms with Gasteiger partial charge < -0.3 is 0 Å². The summed E-state index contributed by atoms with van der Waals surface area (Å²) in [7, 11) is -5.27. The van der Waals surface area contributed by atoms with Crippen LogP contribution in [0.3, 0.4) is 0 Å². The van der Waals surface area contributed by atoms with E-state index >= 15 is 0 Å². The lowest BCUT2D eigenvalue weighted by Gasteiger charge is -2.21. The van der Waals surface area contributed by atoms with Gasteiger partial charge in [-0.1, -0.05) is 0 Å². The fraction of sp³-hybridized carbons (Fsp3) is 1.00. The molecule has 0 atom stereocenters. The molecular formula is C4H4ClF6NO3S. The third-order valence-electron chi connectivity index (χ3n) is 1.11. The highest BCUT2D eigenvalue weighted by Gasteiger charge is 2.43. The van der Waals surface area contributed by atoms with Crippen LogP contribution in [0.5, 0.6) is 0 Å². The van der Waals surface area contributed by atoms with Crippen LogP contribution in [0.15, 0.2) is 0 Å². The van der Waals surface area contributed by atoms with Gasteiger partial charge in [0.05, 0.1) is 11.9 Å². The van der Waals surface area contributed by atoms with Crippen molar-refractivity contribution in [2.24, 2.45) is 0 Å². The maximum atomic E-state index is 11.8. The molecule has 0 bridgehead atoms. The lowest BCUT2D eigenvalue weighted by Crippen LogP contribution is -2.44. The molecule has 0 aromatic rings. The number of alkyl halides is 6. The molecule has 16 heavy (non-hydrogen) atoms. The van der Waals surface area contributed by atoms with Crippen molar-refractivity contribution in [3.8, 4) is 0 Å². The van der Waals surface area contributed by atoms with Gasteiger partial charge in [0.2, 0.25) is 0 Å². The Kier molecular flexibility index (Phi) is 4.86. The fourth-order valence-electron chi connectivity index (χ4n) is 0.654. The maximum Gasteiger partial charge on any atom is 0.402 e. The molecule has 0 aliphatic carbocycles. The summed E-state index contributed by atoms with van der Waals surface area (Å²) in [5.74, 6) is 0. The summed E-state index contributed by atoms with van der Waals surface area (Å²) < 4.78 is 94.0. The Morgan fingerprint density at radius 3 is 1.50 bits per heavy atom. The van der Waals surface area contributed by atoms with Crippen LogP contribution in [0.1, 0.15) is 0 Å². The lowest BCUT2D eigenvalue weighted by atomic mass is 10.5. The molecule has 0 saturated heterocycles. The van der Waals surface area contributed by atoms with Gasteiger partial charge in [-0.3, -0.25) is 0 Å². The van der Waals surface area contributed by atoms with Crippen LogP contribution in [0, 0.1) is 0 Å². The summed E-state index contributed by atoms with van der Waals surface area (Å²) in [5.41, 5.74) is 0. The van der Waals surface area contributed by atoms with Crippen molar-refractivity contribution in [3.05, 3.63) is 0 Å². The molecule has 0 amide bonds. The summed E-state index contributed by atoms with van der Waals surface area (Å²) in [4.78, 5) is 0. The summed E-state index contributed by atoms with van der Waals surface area (Å²) >= 11 is 4.28. The second-order valence-corrected chi connectivity index (χ2v) is 4.39. The van der Waals surface area contributed by atoms with Crippen LogP contribution >= 0.6 is 11.9 Å². The molecule has 4 nitrogen and oxygen atoms in total. The zero-order valence-corrected chi connectivity index (χ0v) is 8.71. The van der Waals surface area contributed by atoms with Crippen LogP contribution in [-0.4, -0.2) is 38.2 Å². The molecule has 98 valence electrons. The summed E-state index contributed by atoms with van der Waals surface area (Å²) in [6, 6.07) is 0. The SMILES string of the molecule is O=S(=O)(OCl)N(CC(F)(F)F)CC(F)(F)F. The molecule has 0 aromatic carbocycles. The van der Waals surface area contributed by atoms with Crippen LogP contribution in [0.4, 0.5) is 26.3 Å². The van der Waals surface area contributed by atoms with E-state index in [2.05, 4.69) is 15.6 Å². The smallest absolute Gasteiger partial charge is 0.180 e. The van der Waals surface area contributed by atoms with Crippen molar-refractivity contribution in [3.63, 3.8) is 0 Å². The Balaban J connectivity index is 4.94. The van der Waals surface area contributed by atoms with Gasteiger partial charge in [-0.05, 0) is 0 Å². The topological polar surface area (TPSA) is 46.6 Å². The number of halogens is 7. The Morgan fingerprint density at radius 2 is 1.31 bits per heavy atom. The molecule has 0 radical (unpaired) electrons. The Labute approximate surface area is 91.1 Å². The zero-order chi connectivity index (χ0) is 13.2. The highest BCUT2D eigenvalue weighted by Crippen LogP contribution is 2.24. The first-order chi connectivity index (χ1) is 6.87. The minimum atomic E-state index is -5.27. The molecule has 0 N–H and O–H groups in total. The van der Waals surface area contributed by atoms with Crippen LogP contribution in [0.2, 0.25) is 0 Å². The molecule has 0 unspecified atom stereocenters. The summed E-state index contributed by atoms with van der Waals surface area (Å²) in [5, 5.41) is 0. The standard InChI is InChI=1S/C4H4ClF6NO3S/c5-15-16(13,14)12(1-3(6,7)8)2-4(9,10)11/h1-2H2. The van der Waals surface area contributed by atoms with Gasteiger partial charge in [0, 0.05) is 0 Å². The fourth-order valence-corrected chi connectivity index (χ4v) is 1.58. The second-order valence-electron chi connectivity index (χ2n) is 2.52. The second kappa shape index (κ2) is 4.94. The van der Waals surface area contributed by atoms with Gasteiger partial charge in [0.1, 0.15) is 13.1 Å². The van der Waals surface area contributed by atoms with Crippen molar-refractivity contribution in [2.75, 3.05) is 13.1 Å². The minimum absolute atomic E-state index is 0.972. The van der Waals surface area contributed by atoms with Crippen molar-refractivity contribution >= 4 is 22.2 Å². The van der Waals surface area contributed by atoms with Crippen LogP contribution in [0.25, 0.3) is 0 Å². The van der Waals surface area contributed by atoms with Gasteiger partial charge in [-0.25, -0.2) is 0 Å². The number of rotatable bonds is 4. The number of hydrogen-bond acceptors (Lipinski definition) is 3. The first kappa shape index (κ1) is 15.7. The van der Waals surface area contributed by atoms with Crippen LogP contribution < -0.4 is 0 Å². The van der Waals surface area contributed by atoms with E-state index in [1.54, 1.807) is 0 Å². The normalized spacial score (nSPS) is 14.5. The predicted molar refractivity (Wildman–Crippen MR) is 39.5 cm³/mol. The molecule has 0 aromatic heterocycles. The van der Waals surface area contributed by atoms with Crippen LogP contribution in [-0.2, 0) is 14.0 Å². The summed E-state index contributed by atoms with van der Waals surface area (Å²) in [6.45, 7) is -4.69. The maximum absolute atomic E-state index is 11.8. The van der Waals surface area contributed by atoms with E-state index in [0.29, 0.717) is 0 Å². The van der Waals surface area contributed by atoms with Gasteiger partial charge in [0.25, 0.3) is 0 Å². The van der Waals surface area contributed by atoms with Gasteiger partial charge in [-0.2, -0.15) is 39.1 Å². The van der Waals surface area contributed by atoms with Crippen molar-refractivity contribution in [1.82, 2.24) is 4.31 Å². The quantitative estimate of drug-likeness (QED) is 0.743. The van der Waals surface area contributed by atoms with E-state index in [1.807, 2.05) is 0 Å². The Morgan fingerprint density at radius 1 is 1.00 bits per heavy atom. The van der Waals surface area contributed by atoms with E-state index in [4.69, 9.17) is 0 Å².